The number of hydrogen-bond acceptors (Lipinski definition) is 4. The molecule has 0 N–H and O–H groups in total. The Balaban J connectivity index is 0.774. The van der Waals surface area contributed by atoms with Gasteiger partial charge in [0, 0.05) is 16.7 Å². The average Bonchev–Trinajstić information content (AvgIpc) is 3.52. The van der Waals surface area contributed by atoms with Crippen LogP contribution in [-0.4, -0.2) is 15.0 Å². The Hall–Kier alpha value is -10.3. The van der Waals surface area contributed by atoms with E-state index in [4.69, 9.17) is 15.0 Å². The number of fused-ring (bicyclic) bond motifs is 9. The van der Waals surface area contributed by atoms with Crippen LogP contribution >= 0.6 is 0 Å². The molecule has 14 aromatic rings. The standard InChI is InChI=1S/C72H44N4/c73-45-58-40-51(50-19-12-18-49(39-50)46-31-33-47(34-32-46)52-36-38-67-64-28-8-7-26-62(64)63-27-9-11-30-66(63)69(67)43-52)35-37-59(58)53-20-13-22-56(41-53)71-74-70(48-15-2-1-3-16-48)75-72(76-71)57-23-14-21-54(42-57)68-44-55-17-4-5-24-60(55)61-25-6-10-29-65(61)68/h1-44H. The summed E-state index contributed by atoms with van der Waals surface area (Å²) >= 11 is 0. The van der Waals surface area contributed by atoms with Crippen LogP contribution in [-0.2, 0) is 0 Å². The molecule has 0 bridgehead atoms. The Labute approximate surface area is 440 Å². The van der Waals surface area contributed by atoms with Gasteiger partial charge in [0.15, 0.2) is 17.5 Å². The Kier molecular flexibility index (Phi) is 10.9. The molecule has 1 aromatic heterocycles. The molecular weight excluding hydrogens is 921 g/mol. The topological polar surface area (TPSA) is 62.5 Å². The van der Waals surface area contributed by atoms with Crippen LogP contribution in [0.15, 0.2) is 267 Å². The summed E-state index contributed by atoms with van der Waals surface area (Å²) < 4.78 is 0. The largest absolute Gasteiger partial charge is 0.208 e. The van der Waals surface area contributed by atoms with E-state index in [1.165, 1.54) is 65.0 Å². The maximum atomic E-state index is 10.7. The molecule has 0 atom stereocenters. The lowest BCUT2D eigenvalue weighted by molar-refractivity contribution is 1.07. The molecule has 0 fully saturated rings. The normalized spacial score (nSPS) is 11.4. The van der Waals surface area contributed by atoms with Crippen molar-refractivity contribution in [1.82, 2.24) is 15.0 Å². The molecule has 0 saturated carbocycles. The summed E-state index contributed by atoms with van der Waals surface area (Å²) in [7, 11) is 0. The molecule has 14 rings (SSSR count). The molecule has 0 spiro atoms. The van der Waals surface area contributed by atoms with Crippen molar-refractivity contribution >= 4 is 53.9 Å². The van der Waals surface area contributed by atoms with Gasteiger partial charge in [-0.2, -0.15) is 5.26 Å². The Bertz CT molecular complexity index is 4610. The third-order valence-electron chi connectivity index (χ3n) is 14.9. The maximum absolute atomic E-state index is 10.7. The van der Waals surface area contributed by atoms with Crippen LogP contribution in [0.1, 0.15) is 5.56 Å². The summed E-state index contributed by atoms with van der Waals surface area (Å²) in [5, 5.41) is 23.2. The van der Waals surface area contributed by atoms with Gasteiger partial charge in [-0.25, -0.2) is 15.0 Å². The monoisotopic (exact) mass is 964 g/mol. The number of nitriles is 1. The molecule has 352 valence electrons. The van der Waals surface area contributed by atoms with E-state index >= 15 is 0 Å². The van der Waals surface area contributed by atoms with Gasteiger partial charge in [0.05, 0.1) is 11.6 Å². The molecule has 0 aliphatic rings. The molecule has 1 heterocycles. The van der Waals surface area contributed by atoms with E-state index in [0.717, 1.165) is 61.2 Å². The van der Waals surface area contributed by atoms with Crippen molar-refractivity contribution in [2.75, 3.05) is 0 Å². The first-order chi connectivity index (χ1) is 37.6. The van der Waals surface area contributed by atoms with Crippen LogP contribution in [0.25, 0.3) is 144 Å². The Morgan fingerprint density at radius 2 is 0.605 bits per heavy atom. The highest BCUT2D eigenvalue weighted by Gasteiger charge is 2.17. The van der Waals surface area contributed by atoms with E-state index in [0.29, 0.717) is 23.0 Å². The van der Waals surface area contributed by atoms with Crippen molar-refractivity contribution in [1.29, 1.82) is 5.26 Å². The maximum Gasteiger partial charge on any atom is 0.164 e. The van der Waals surface area contributed by atoms with Gasteiger partial charge >= 0.3 is 0 Å². The van der Waals surface area contributed by atoms with Crippen LogP contribution in [0.3, 0.4) is 0 Å². The lowest BCUT2D eigenvalue weighted by atomic mass is 9.91. The van der Waals surface area contributed by atoms with E-state index in [9.17, 15) is 5.26 Å². The predicted molar refractivity (Wildman–Crippen MR) is 316 cm³/mol. The molecule has 0 amide bonds. The number of aromatic nitrogens is 3. The molecule has 13 aromatic carbocycles. The molecule has 76 heavy (non-hydrogen) atoms. The third kappa shape index (κ3) is 7.92. The third-order valence-corrected chi connectivity index (χ3v) is 14.9. The minimum atomic E-state index is 0.548. The Morgan fingerprint density at radius 1 is 0.224 bits per heavy atom. The molecule has 4 heteroatoms. The molecule has 0 saturated heterocycles. The SMILES string of the molecule is N#Cc1cc(-c2cccc(-c3ccc(-c4ccc5c6ccccc6c6ccccc6c5c4)cc3)c2)ccc1-c1cccc(-c2nc(-c3ccccc3)nc(-c3cccc(-c4cc5ccccc5c5ccccc45)c3)n2)c1. The highest BCUT2D eigenvalue weighted by Crippen LogP contribution is 2.40. The molecule has 0 aliphatic heterocycles. The van der Waals surface area contributed by atoms with Gasteiger partial charge in [0.1, 0.15) is 0 Å². The minimum Gasteiger partial charge on any atom is -0.208 e. The first kappa shape index (κ1) is 44.4. The fourth-order valence-electron chi connectivity index (χ4n) is 11.2. The van der Waals surface area contributed by atoms with Gasteiger partial charge in [0.2, 0.25) is 0 Å². The second-order valence-electron chi connectivity index (χ2n) is 19.4. The van der Waals surface area contributed by atoms with E-state index < -0.39 is 0 Å². The highest BCUT2D eigenvalue weighted by atomic mass is 15.0. The van der Waals surface area contributed by atoms with Crippen molar-refractivity contribution in [3.05, 3.63) is 272 Å². The molecule has 4 nitrogen and oxygen atoms in total. The summed E-state index contributed by atoms with van der Waals surface area (Å²) in [5.74, 6) is 1.71. The molecule has 0 radical (unpaired) electrons. The second-order valence-corrected chi connectivity index (χ2v) is 19.4. The summed E-state index contributed by atoms with van der Waals surface area (Å²) in [6.45, 7) is 0. The quantitative estimate of drug-likeness (QED) is 0.142. The van der Waals surface area contributed by atoms with Crippen molar-refractivity contribution in [3.63, 3.8) is 0 Å². The van der Waals surface area contributed by atoms with E-state index in [1.54, 1.807) is 0 Å². The number of benzene rings is 13. The van der Waals surface area contributed by atoms with Gasteiger partial charge in [0.25, 0.3) is 0 Å². The first-order valence-electron chi connectivity index (χ1n) is 25.6. The van der Waals surface area contributed by atoms with E-state index in [-0.39, 0.29) is 0 Å². The van der Waals surface area contributed by atoms with Gasteiger partial charge < -0.3 is 0 Å². The van der Waals surface area contributed by atoms with Gasteiger partial charge in [-0.3, -0.25) is 0 Å². The number of hydrogen-bond donors (Lipinski definition) is 0. The van der Waals surface area contributed by atoms with Crippen LogP contribution in [0.5, 0.6) is 0 Å². The zero-order valence-corrected chi connectivity index (χ0v) is 41.2. The van der Waals surface area contributed by atoms with E-state index in [2.05, 4.69) is 218 Å². The fraction of sp³-hybridized carbons (Fsp3) is 0. The van der Waals surface area contributed by atoms with Crippen LogP contribution in [0, 0.1) is 11.3 Å². The van der Waals surface area contributed by atoms with Crippen molar-refractivity contribution in [3.8, 4) is 95.9 Å². The predicted octanol–water partition coefficient (Wildman–Crippen LogP) is 18.8. The second kappa shape index (κ2) is 18.6. The van der Waals surface area contributed by atoms with Crippen LogP contribution in [0.4, 0.5) is 0 Å². The lowest BCUT2D eigenvalue weighted by Crippen LogP contribution is -2.00. The zero-order valence-electron chi connectivity index (χ0n) is 41.2. The van der Waals surface area contributed by atoms with Crippen LogP contribution in [0.2, 0.25) is 0 Å². The highest BCUT2D eigenvalue weighted by molar-refractivity contribution is 6.25. The summed E-state index contributed by atoms with van der Waals surface area (Å²) in [5.41, 5.74) is 13.8. The molecule has 0 unspecified atom stereocenters. The zero-order chi connectivity index (χ0) is 50.5. The summed E-state index contributed by atoms with van der Waals surface area (Å²) in [4.78, 5) is 15.3. The van der Waals surface area contributed by atoms with Crippen molar-refractivity contribution < 1.29 is 0 Å². The summed E-state index contributed by atoms with van der Waals surface area (Å²) in [6.07, 6.45) is 0. The van der Waals surface area contributed by atoms with Crippen molar-refractivity contribution in [2.24, 2.45) is 0 Å². The first-order valence-corrected chi connectivity index (χ1v) is 25.6. The van der Waals surface area contributed by atoms with Gasteiger partial charge in [-0.1, -0.05) is 231 Å². The van der Waals surface area contributed by atoms with Crippen LogP contribution < -0.4 is 0 Å². The fourth-order valence-corrected chi connectivity index (χ4v) is 11.2. The minimum absolute atomic E-state index is 0.548. The Morgan fingerprint density at radius 3 is 1.21 bits per heavy atom. The molecule has 0 aliphatic carbocycles. The van der Waals surface area contributed by atoms with Gasteiger partial charge in [-0.15, -0.1) is 0 Å². The summed E-state index contributed by atoms with van der Waals surface area (Å²) in [6, 6.07) is 96.5. The van der Waals surface area contributed by atoms with Crippen molar-refractivity contribution in [2.45, 2.75) is 0 Å². The number of nitrogens with zero attached hydrogens (tertiary/aromatic N) is 4. The van der Waals surface area contributed by atoms with E-state index in [1.807, 2.05) is 54.6 Å². The molecular formula is C72H44N4. The van der Waals surface area contributed by atoms with Gasteiger partial charge in [-0.05, 0) is 146 Å². The lowest BCUT2D eigenvalue weighted by Gasteiger charge is -2.13. The average molecular weight is 965 g/mol. The smallest absolute Gasteiger partial charge is 0.164 e. The number of rotatable bonds is 8.